The molecule has 296 valence electrons. The van der Waals surface area contributed by atoms with Gasteiger partial charge in [0.15, 0.2) is 5.84 Å². The zero-order valence-electron chi connectivity index (χ0n) is 33.4. The zero-order chi connectivity index (χ0) is 40.4. The molecule has 1 aliphatic rings. The van der Waals surface area contributed by atoms with Crippen LogP contribution in [0.2, 0.25) is 0 Å². The highest BCUT2D eigenvalue weighted by Crippen LogP contribution is 2.32. The minimum Gasteiger partial charge on any atom is -0.399 e. The van der Waals surface area contributed by atoms with E-state index < -0.39 is 0 Å². The van der Waals surface area contributed by atoms with Crippen LogP contribution >= 0.6 is 0 Å². The maximum Gasteiger partial charge on any atom is 0.208 e. The maximum atomic E-state index is 6.29. The molecular weight excluding hydrogens is 715 g/mol. The number of hydrazone groups is 1. The van der Waals surface area contributed by atoms with Gasteiger partial charge in [-0.3, -0.25) is 9.36 Å². The highest BCUT2D eigenvalue weighted by atomic mass is 15.3. The second-order valence-electron chi connectivity index (χ2n) is 14.5. The fourth-order valence-electron chi connectivity index (χ4n) is 7.78. The molecule has 0 atom stereocenters. The lowest BCUT2D eigenvalue weighted by Gasteiger charge is -2.15. The van der Waals surface area contributed by atoms with Gasteiger partial charge < -0.3 is 36.8 Å². The molecule has 2 aromatic carbocycles. The molecule has 7 rings (SSSR count). The van der Waals surface area contributed by atoms with Gasteiger partial charge >= 0.3 is 0 Å². The predicted molar refractivity (Wildman–Crippen MR) is 232 cm³/mol. The first kappa shape index (κ1) is 38.7. The molecule has 0 saturated carbocycles. The van der Waals surface area contributed by atoms with E-state index in [4.69, 9.17) is 27.4 Å². The average molecular weight is 768 g/mol. The number of hydrazine groups is 1. The van der Waals surface area contributed by atoms with Crippen molar-refractivity contribution in [3.05, 3.63) is 113 Å². The Labute approximate surface area is 332 Å². The first-order valence-electron chi connectivity index (χ1n) is 19.5. The van der Waals surface area contributed by atoms with Crippen LogP contribution in [-0.4, -0.2) is 44.5 Å². The van der Waals surface area contributed by atoms with Crippen molar-refractivity contribution in [2.45, 2.75) is 86.0 Å². The number of nitrogens with two attached hydrogens (primary N) is 3. The van der Waals surface area contributed by atoms with Crippen molar-refractivity contribution in [3.8, 4) is 0 Å². The summed E-state index contributed by atoms with van der Waals surface area (Å²) in [6, 6.07) is 12.3. The number of benzene rings is 2. The number of allylic oxidation sites excluding steroid dienone is 2. The number of amidine groups is 1. The van der Waals surface area contributed by atoms with E-state index in [2.05, 4.69) is 98.4 Å². The number of imidazole rings is 2. The SMILES string of the molecule is C=C(N)c1cc2c3c(c1)nc(NC(=C)c1cc(C)nn1CC)n3C/C=C/Cn1c(NC(=C)c3cc(C)nn3CC)nc3cc(/C(=N/N)NN)cc(c31)CCCCC2. The second kappa shape index (κ2) is 16.2. The Hall–Kier alpha value is -6.61. The van der Waals surface area contributed by atoms with E-state index in [-0.39, 0.29) is 0 Å². The molecule has 0 fully saturated rings. The Morgan fingerprint density at radius 2 is 1.19 bits per heavy atom. The second-order valence-corrected chi connectivity index (χ2v) is 14.5. The lowest BCUT2D eigenvalue weighted by atomic mass is 9.98. The van der Waals surface area contributed by atoms with Crippen molar-refractivity contribution in [1.82, 2.24) is 44.1 Å². The van der Waals surface area contributed by atoms with Gasteiger partial charge in [-0.2, -0.15) is 15.3 Å². The van der Waals surface area contributed by atoms with Crippen molar-refractivity contribution < 1.29 is 0 Å². The summed E-state index contributed by atoms with van der Waals surface area (Å²) in [5.41, 5.74) is 22.1. The molecule has 0 amide bonds. The first-order valence-corrected chi connectivity index (χ1v) is 19.5. The van der Waals surface area contributed by atoms with Crippen molar-refractivity contribution in [1.29, 1.82) is 0 Å². The number of rotatable bonds is 10. The number of hydrogen-bond donors (Lipinski definition) is 6. The fourth-order valence-corrected chi connectivity index (χ4v) is 7.78. The van der Waals surface area contributed by atoms with Crippen molar-refractivity contribution >= 4 is 56.9 Å². The van der Waals surface area contributed by atoms with Gasteiger partial charge in [-0.15, -0.1) is 0 Å². The molecule has 5 heterocycles. The molecule has 1 aliphatic heterocycles. The normalized spacial score (nSPS) is 14.3. The van der Waals surface area contributed by atoms with E-state index in [1.165, 1.54) is 5.56 Å². The number of hydrogen-bond acceptors (Lipinski definition) is 10. The molecule has 4 aromatic heterocycles. The number of aryl methyl sites for hydroxylation is 6. The Morgan fingerprint density at radius 1 is 0.719 bits per heavy atom. The van der Waals surface area contributed by atoms with Crippen molar-refractivity contribution in [2.24, 2.45) is 22.5 Å². The minimum atomic E-state index is 0.377. The molecule has 0 saturated heterocycles. The van der Waals surface area contributed by atoms with Crippen LogP contribution in [0.4, 0.5) is 11.9 Å². The summed E-state index contributed by atoms with van der Waals surface area (Å²) in [6.07, 6.45) is 8.86. The van der Waals surface area contributed by atoms with Gasteiger partial charge in [-0.05, 0) is 106 Å². The van der Waals surface area contributed by atoms with Crippen molar-refractivity contribution in [2.75, 3.05) is 10.6 Å². The molecule has 9 N–H and O–H groups in total. The monoisotopic (exact) mass is 767 g/mol. The van der Waals surface area contributed by atoms with Crippen LogP contribution in [0.1, 0.15) is 78.1 Å². The highest BCUT2D eigenvalue weighted by Gasteiger charge is 2.21. The van der Waals surface area contributed by atoms with E-state index in [0.717, 1.165) is 100 Å². The van der Waals surface area contributed by atoms with Gasteiger partial charge in [0.25, 0.3) is 0 Å². The third-order valence-electron chi connectivity index (χ3n) is 10.4. The van der Waals surface area contributed by atoms with Gasteiger partial charge in [0.1, 0.15) is 0 Å². The summed E-state index contributed by atoms with van der Waals surface area (Å²) in [4.78, 5) is 10.3. The van der Waals surface area contributed by atoms with Crippen LogP contribution in [0.25, 0.3) is 39.2 Å². The van der Waals surface area contributed by atoms with Crippen LogP contribution in [0.15, 0.2) is 73.4 Å². The number of anilines is 2. The quantitative estimate of drug-likeness (QED) is 0.0310. The Bertz CT molecular complexity index is 2570. The van der Waals surface area contributed by atoms with Gasteiger partial charge in [0, 0.05) is 37.4 Å². The molecule has 0 unspecified atom stereocenters. The van der Waals surface area contributed by atoms with Gasteiger partial charge in [0.05, 0.1) is 56.2 Å². The van der Waals surface area contributed by atoms with Crippen LogP contribution in [0.3, 0.4) is 0 Å². The summed E-state index contributed by atoms with van der Waals surface area (Å²) in [5, 5.41) is 20.3. The molecule has 0 radical (unpaired) electrons. The largest absolute Gasteiger partial charge is 0.399 e. The van der Waals surface area contributed by atoms with Gasteiger partial charge in [-0.1, -0.05) is 38.3 Å². The summed E-state index contributed by atoms with van der Waals surface area (Å²) < 4.78 is 8.31. The number of nitrogens with one attached hydrogen (secondary N) is 3. The van der Waals surface area contributed by atoms with E-state index in [0.29, 0.717) is 54.5 Å². The molecule has 0 spiro atoms. The zero-order valence-corrected chi connectivity index (χ0v) is 33.4. The van der Waals surface area contributed by atoms with Crippen LogP contribution in [0.5, 0.6) is 0 Å². The minimum absolute atomic E-state index is 0.377. The number of nitrogens with zero attached hydrogens (tertiary/aromatic N) is 9. The predicted octanol–water partition coefficient (Wildman–Crippen LogP) is 6.14. The molecule has 0 aliphatic carbocycles. The Balaban J connectivity index is 1.33. The Morgan fingerprint density at radius 3 is 1.63 bits per heavy atom. The molecular formula is C42H53N15. The third kappa shape index (κ3) is 7.65. The molecule has 0 bridgehead atoms. The summed E-state index contributed by atoms with van der Waals surface area (Å²) in [5.74, 6) is 13.3. The van der Waals surface area contributed by atoms with Crippen molar-refractivity contribution in [3.63, 3.8) is 0 Å². The highest BCUT2D eigenvalue weighted by molar-refractivity contribution is 6.02. The standard InChI is InChI=1S/C42H53N15/c1-8-56-36(19-25(3)52-56)28(6)46-41-48-34-23-32(27(5)43)21-30-15-11-10-12-16-31-22-33(40(50-44)51-45)24-35-39(31)55(18-14-13-17-54(41)38(30)34)42(49-35)47-29(7)37-20-26(4)53-57(37)9-2/h13-14,19-24H,5-12,15-18,43-45H2,1-4H3,(H,46,48)(H,47,49)(H,50,51)/b14-13+. The molecule has 6 aromatic rings. The van der Waals surface area contributed by atoms with Crippen LogP contribution < -0.4 is 33.5 Å². The molecule has 15 heteroatoms. The topological polar surface area (TPSA) is 198 Å². The smallest absolute Gasteiger partial charge is 0.208 e. The average Bonchev–Trinajstić information content (AvgIpc) is 3.95. The lowest BCUT2D eigenvalue weighted by Crippen LogP contribution is -2.32. The van der Waals surface area contributed by atoms with E-state index in [9.17, 15) is 0 Å². The van der Waals surface area contributed by atoms with E-state index in [1.807, 2.05) is 47.5 Å². The first-order chi connectivity index (χ1) is 27.5. The summed E-state index contributed by atoms with van der Waals surface area (Å²) in [7, 11) is 0. The summed E-state index contributed by atoms with van der Waals surface area (Å²) in [6.45, 7) is 23.5. The fraction of sp³-hybridized carbons (Fsp3) is 0.310. The lowest BCUT2D eigenvalue weighted by molar-refractivity contribution is 0.645. The van der Waals surface area contributed by atoms with Gasteiger partial charge in [-0.25, -0.2) is 15.8 Å². The van der Waals surface area contributed by atoms with Gasteiger partial charge in [0.2, 0.25) is 11.9 Å². The molecule has 57 heavy (non-hydrogen) atoms. The third-order valence-corrected chi connectivity index (χ3v) is 10.4. The van der Waals surface area contributed by atoms with E-state index >= 15 is 0 Å². The number of aromatic nitrogens is 8. The Kier molecular flexibility index (Phi) is 11.0. The van der Waals surface area contributed by atoms with Crippen LogP contribution in [-0.2, 0) is 39.0 Å². The van der Waals surface area contributed by atoms with E-state index in [1.54, 1.807) is 0 Å². The summed E-state index contributed by atoms with van der Waals surface area (Å²) >= 11 is 0. The maximum absolute atomic E-state index is 6.29. The van der Waals surface area contributed by atoms with Crippen LogP contribution in [0, 0.1) is 13.8 Å². The molecule has 15 nitrogen and oxygen atoms in total.